The van der Waals surface area contributed by atoms with Crippen LogP contribution in [0.3, 0.4) is 0 Å². The molecule has 0 spiro atoms. The summed E-state index contributed by atoms with van der Waals surface area (Å²) in [6.07, 6.45) is 2.50. The molecule has 0 amide bonds. The minimum Gasteiger partial charge on any atom is -0.550 e. The number of aliphatic carboxylic acids is 1. The molecule has 7 nitrogen and oxygen atoms in total. The van der Waals surface area contributed by atoms with Gasteiger partial charge in [0, 0.05) is 25.2 Å². The number of quaternary nitrogens is 1. The summed E-state index contributed by atoms with van der Waals surface area (Å²) >= 11 is 0. The summed E-state index contributed by atoms with van der Waals surface area (Å²) in [5.41, 5.74) is 1.27. The fourth-order valence-electron chi connectivity index (χ4n) is 3.07. The van der Waals surface area contributed by atoms with Gasteiger partial charge in [0.25, 0.3) is 0 Å². The number of rotatable bonds is 3. The zero-order chi connectivity index (χ0) is 18.4. The van der Waals surface area contributed by atoms with Crippen molar-refractivity contribution >= 4 is 21.8 Å². The van der Waals surface area contributed by atoms with E-state index in [1.807, 2.05) is 0 Å². The normalized spacial score (nSPS) is 17.7. The van der Waals surface area contributed by atoms with E-state index >= 15 is 0 Å². The molecule has 0 saturated carbocycles. The van der Waals surface area contributed by atoms with Crippen molar-refractivity contribution in [3.05, 3.63) is 29.3 Å². The summed E-state index contributed by atoms with van der Waals surface area (Å²) in [5, 5.41) is 11.1. The van der Waals surface area contributed by atoms with Crippen LogP contribution in [0.2, 0.25) is 0 Å². The number of carboxylic acid groups (broad SMARTS) is 1. The number of benzene rings is 1. The second-order valence-corrected chi connectivity index (χ2v) is 8.32. The van der Waals surface area contributed by atoms with Crippen molar-refractivity contribution in [1.82, 2.24) is 0 Å². The standard InChI is InChI=1S/C15H19NO4S.C2H4O2/c17-15-14-2-1-13(9-12(14)5-8-20-15)21(18,19)10-11-3-6-16-7-4-11;1-2(3)4/h1-2,9,11,16H,3-8,10H2;1H3,(H,3,4). The summed E-state index contributed by atoms with van der Waals surface area (Å²) in [6.45, 7) is 3.32. The lowest BCUT2D eigenvalue weighted by Crippen LogP contribution is -2.86. The summed E-state index contributed by atoms with van der Waals surface area (Å²) in [5.74, 6) is -0.978. The maximum absolute atomic E-state index is 12.5. The van der Waals surface area contributed by atoms with Crippen LogP contribution in [0.5, 0.6) is 0 Å². The van der Waals surface area contributed by atoms with Crippen LogP contribution in [0.4, 0.5) is 0 Å². The SMILES string of the molecule is CC(=O)[O-].O=C1OCCc2cc(S(=O)(=O)CC3CC[NH2+]CC3)ccc21. The Balaban J connectivity index is 0.000000511. The Kier molecular flexibility index (Phi) is 6.55. The van der Waals surface area contributed by atoms with Crippen LogP contribution in [0, 0.1) is 5.92 Å². The first-order chi connectivity index (χ1) is 11.8. The number of carboxylic acids is 1. The van der Waals surface area contributed by atoms with Gasteiger partial charge in [0.2, 0.25) is 0 Å². The molecule has 8 heteroatoms. The van der Waals surface area contributed by atoms with Gasteiger partial charge in [-0.05, 0) is 36.6 Å². The monoisotopic (exact) mass is 369 g/mol. The molecule has 138 valence electrons. The number of carbonyl (C=O) groups excluding carboxylic acids is 2. The van der Waals surface area contributed by atoms with Crippen molar-refractivity contribution in [2.75, 3.05) is 25.4 Å². The van der Waals surface area contributed by atoms with E-state index in [1.165, 1.54) is 6.07 Å². The molecule has 2 heterocycles. The van der Waals surface area contributed by atoms with Gasteiger partial charge in [-0.1, -0.05) is 0 Å². The fraction of sp³-hybridized carbons (Fsp3) is 0.529. The van der Waals surface area contributed by atoms with Gasteiger partial charge in [0.15, 0.2) is 9.84 Å². The van der Waals surface area contributed by atoms with Crippen LogP contribution >= 0.6 is 0 Å². The number of hydrogen-bond acceptors (Lipinski definition) is 6. The number of ether oxygens (including phenoxy) is 1. The van der Waals surface area contributed by atoms with E-state index < -0.39 is 15.8 Å². The molecule has 1 aromatic rings. The topological polar surface area (TPSA) is 117 Å². The minimum absolute atomic E-state index is 0.212. The molecular weight excluding hydrogens is 346 g/mol. The Morgan fingerprint density at radius 1 is 1.32 bits per heavy atom. The van der Waals surface area contributed by atoms with Crippen LogP contribution < -0.4 is 10.4 Å². The van der Waals surface area contributed by atoms with Crippen molar-refractivity contribution < 1.29 is 33.2 Å². The number of hydrogen-bond donors (Lipinski definition) is 1. The Morgan fingerprint density at radius 2 is 1.96 bits per heavy atom. The number of carbonyl (C=O) groups is 2. The molecule has 1 fully saturated rings. The van der Waals surface area contributed by atoms with Gasteiger partial charge in [-0.2, -0.15) is 0 Å². The molecule has 0 bridgehead atoms. The number of piperidine rings is 1. The Morgan fingerprint density at radius 3 is 2.60 bits per heavy atom. The molecule has 0 atom stereocenters. The molecule has 0 aromatic heterocycles. The second kappa shape index (κ2) is 8.44. The lowest BCUT2D eigenvalue weighted by atomic mass is 10.0. The highest BCUT2D eigenvalue weighted by Gasteiger charge is 2.26. The number of esters is 1. The fourth-order valence-corrected chi connectivity index (χ4v) is 4.81. The third-order valence-electron chi connectivity index (χ3n) is 4.27. The predicted octanol–water partition coefficient (Wildman–Crippen LogP) is -1.10. The average molecular weight is 369 g/mol. The molecular formula is C17H23NO6S. The lowest BCUT2D eigenvalue weighted by molar-refractivity contribution is -0.664. The smallest absolute Gasteiger partial charge is 0.338 e. The third kappa shape index (κ3) is 5.54. The molecule has 1 aromatic carbocycles. The summed E-state index contributed by atoms with van der Waals surface area (Å²) < 4.78 is 30.0. The van der Waals surface area contributed by atoms with E-state index in [1.54, 1.807) is 12.1 Å². The molecule has 1 saturated heterocycles. The highest BCUT2D eigenvalue weighted by atomic mass is 32.2. The Hall–Kier alpha value is -1.93. The number of nitrogens with two attached hydrogens (primary N) is 1. The predicted molar refractivity (Wildman–Crippen MR) is 87.5 cm³/mol. The van der Waals surface area contributed by atoms with Gasteiger partial charge in [-0.25, -0.2) is 13.2 Å². The summed E-state index contributed by atoms with van der Waals surface area (Å²) in [7, 11) is -3.28. The molecule has 25 heavy (non-hydrogen) atoms. The van der Waals surface area contributed by atoms with Crippen LogP contribution in [0.25, 0.3) is 0 Å². The van der Waals surface area contributed by atoms with Crippen molar-refractivity contribution in [3.63, 3.8) is 0 Å². The van der Waals surface area contributed by atoms with E-state index in [4.69, 9.17) is 14.6 Å². The maximum Gasteiger partial charge on any atom is 0.338 e. The highest BCUT2D eigenvalue weighted by molar-refractivity contribution is 7.91. The highest BCUT2D eigenvalue weighted by Crippen LogP contribution is 2.24. The van der Waals surface area contributed by atoms with Crippen LogP contribution in [0.1, 0.15) is 35.7 Å². The number of fused-ring (bicyclic) bond motifs is 1. The van der Waals surface area contributed by atoms with Crippen molar-refractivity contribution in [2.45, 2.75) is 31.1 Å². The lowest BCUT2D eigenvalue weighted by Gasteiger charge is -2.21. The van der Waals surface area contributed by atoms with Gasteiger partial charge in [0.1, 0.15) is 0 Å². The van der Waals surface area contributed by atoms with Crippen LogP contribution in [-0.4, -0.2) is 45.8 Å². The number of cyclic esters (lactones) is 1. The third-order valence-corrected chi connectivity index (χ3v) is 6.16. The van der Waals surface area contributed by atoms with Crippen LogP contribution in [-0.2, 0) is 25.8 Å². The molecule has 2 aliphatic rings. The molecule has 2 aliphatic heterocycles. The summed E-state index contributed by atoms with van der Waals surface area (Å²) in [4.78, 5) is 20.8. The first-order valence-corrected chi connectivity index (χ1v) is 9.97. The van der Waals surface area contributed by atoms with E-state index in [-0.39, 0.29) is 17.6 Å². The Labute approximate surface area is 147 Å². The van der Waals surface area contributed by atoms with E-state index in [2.05, 4.69) is 5.32 Å². The van der Waals surface area contributed by atoms with E-state index in [9.17, 15) is 13.2 Å². The van der Waals surface area contributed by atoms with Gasteiger partial charge in [-0.3, -0.25) is 0 Å². The van der Waals surface area contributed by atoms with Gasteiger partial charge >= 0.3 is 5.97 Å². The molecule has 0 aliphatic carbocycles. The summed E-state index contributed by atoms with van der Waals surface area (Å²) in [6, 6.07) is 4.77. The second-order valence-electron chi connectivity index (χ2n) is 6.29. The zero-order valence-electron chi connectivity index (χ0n) is 14.2. The average Bonchev–Trinajstić information content (AvgIpc) is 2.55. The number of sulfone groups is 1. The zero-order valence-corrected chi connectivity index (χ0v) is 15.0. The Bertz CT molecular complexity index is 734. The quantitative estimate of drug-likeness (QED) is 0.676. The van der Waals surface area contributed by atoms with Gasteiger partial charge in [0.05, 0.1) is 35.9 Å². The van der Waals surface area contributed by atoms with Gasteiger partial charge < -0.3 is 20.0 Å². The maximum atomic E-state index is 12.5. The largest absolute Gasteiger partial charge is 0.550 e. The van der Waals surface area contributed by atoms with Crippen molar-refractivity contribution in [1.29, 1.82) is 0 Å². The van der Waals surface area contributed by atoms with E-state index in [0.717, 1.165) is 38.4 Å². The molecule has 0 unspecified atom stereocenters. The molecule has 2 N–H and O–H groups in total. The molecule has 0 radical (unpaired) electrons. The van der Waals surface area contributed by atoms with Crippen molar-refractivity contribution in [2.24, 2.45) is 5.92 Å². The van der Waals surface area contributed by atoms with Gasteiger partial charge in [-0.15, -0.1) is 0 Å². The minimum atomic E-state index is -3.28. The first-order valence-electron chi connectivity index (χ1n) is 8.31. The molecule has 3 rings (SSSR count). The first kappa shape index (κ1) is 19.4. The van der Waals surface area contributed by atoms with E-state index in [0.29, 0.717) is 23.5 Å². The van der Waals surface area contributed by atoms with Crippen LogP contribution in [0.15, 0.2) is 23.1 Å². The van der Waals surface area contributed by atoms with Crippen molar-refractivity contribution in [3.8, 4) is 0 Å².